The van der Waals surface area contributed by atoms with Gasteiger partial charge in [-0.1, -0.05) is 17.4 Å². The number of fused-ring (bicyclic) bond motifs is 1. The number of benzene rings is 2. The molecule has 0 atom stereocenters. The van der Waals surface area contributed by atoms with E-state index in [1.807, 2.05) is 30.3 Å². The van der Waals surface area contributed by atoms with E-state index in [9.17, 15) is 8.42 Å². The van der Waals surface area contributed by atoms with Gasteiger partial charge in [0.15, 0.2) is 0 Å². The van der Waals surface area contributed by atoms with E-state index >= 15 is 0 Å². The predicted molar refractivity (Wildman–Crippen MR) is 101 cm³/mol. The lowest BCUT2D eigenvalue weighted by Gasteiger charge is -2.07. The molecule has 3 aromatic rings. The Morgan fingerprint density at radius 1 is 1.04 bits per heavy atom. The van der Waals surface area contributed by atoms with Gasteiger partial charge in [0, 0.05) is 5.56 Å². The number of anilines is 1. The van der Waals surface area contributed by atoms with Gasteiger partial charge in [0.2, 0.25) is 5.13 Å². The van der Waals surface area contributed by atoms with Gasteiger partial charge in [-0.3, -0.25) is 4.72 Å². The van der Waals surface area contributed by atoms with Crippen molar-refractivity contribution in [3.05, 3.63) is 53.6 Å². The quantitative estimate of drug-likeness (QED) is 0.725. The number of nitrogens with one attached hydrogen (secondary N) is 1. The molecule has 8 heteroatoms. The zero-order chi connectivity index (χ0) is 18.1. The van der Waals surface area contributed by atoms with Gasteiger partial charge < -0.3 is 4.74 Å². The summed E-state index contributed by atoms with van der Waals surface area (Å²) in [5.41, 5.74) is 3.21. The standard InChI is InChI=1S/C18H17N3O3S2/c1-24-15-8-5-13(6-9-15)17-19-20-18(25-17)21-26(22,23)16-10-7-12-3-2-4-14(12)11-16/h5-11H,2-4H2,1H3,(H,20,21). The van der Waals surface area contributed by atoms with Crippen LogP contribution in [0.2, 0.25) is 0 Å². The van der Waals surface area contributed by atoms with Crippen LogP contribution in [0.15, 0.2) is 47.4 Å². The molecule has 0 radical (unpaired) electrons. The van der Waals surface area contributed by atoms with Crippen molar-refractivity contribution < 1.29 is 13.2 Å². The zero-order valence-electron chi connectivity index (χ0n) is 14.1. The first kappa shape index (κ1) is 17.0. The second kappa shape index (κ2) is 6.69. The molecule has 1 aromatic heterocycles. The third-order valence-corrected chi connectivity index (χ3v) is 6.72. The highest BCUT2D eigenvalue weighted by Crippen LogP contribution is 2.30. The molecule has 0 amide bonds. The lowest BCUT2D eigenvalue weighted by Crippen LogP contribution is -2.13. The number of rotatable bonds is 5. The molecule has 6 nitrogen and oxygen atoms in total. The third kappa shape index (κ3) is 3.30. The first-order valence-corrected chi connectivity index (χ1v) is 10.5. The van der Waals surface area contributed by atoms with Crippen LogP contribution in [0, 0.1) is 0 Å². The van der Waals surface area contributed by atoms with Gasteiger partial charge in [0.25, 0.3) is 10.0 Å². The number of nitrogens with zero attached hydrogens (tertiary/aromatic N) is 2. The molecule has 134 valence electrons. The van der Waals surface area contributed by atoms with E-state index in [2.05, 4.69) is 14.9 Å². The van der Waals surface area contributed by atoms with Crippen molar-refractivity contribution in [1.82, 2.24) is 10.2 Å². The zero-order valence-corrected chi connectivity index (χ0v) is 15.7. The molecule has 0 unspecified atom stereocenters. The minimum absolute atomic E-state index is 0.247. The van der Waals surface area contributed by atoms with Crippen molar-refractivity contribution in [2.24, 2.45) is 0 Å². The summed E-state index contributed by atoms with van der Waals surface area (Å²) < 4.78 is 32.9. The first-order valence-electron chi connectivity index (χ1n) is 8.18. The topological polar surface area (TPSA) is 81.2 Å². The highest BCUT2D eigenvalue weighted by atomic mass is 32.2. The highest BCUT2D eigenvalue weighted by Gasteiger charge is 2.20. The van der Waals surface area contributed by atoms with E-state index in [0.717, 1.165) is 36.1 Å². The molecule has 1 aliphatic carbocycles. The van der Waals surface area contributed by atoms with Crippen LogP contribution in [0.3, 0.4) is 0 Å². The molecule has 1 heterocycles. The minimum Gasteiger partial charge on any atom is -0.497 e. The maximum Gasteiger partial charge on any atom is 0.263 e. The number of aryl methyl sites for hydroxylation is 2. The average molecular weight is 387 g/mol. The molecule has 0 bridgehead atoms. The molecular formula is C18H17N3O3S2. The molecule has 26 heavy (non-hydrogen) atoms. The summed E-state index contributed by atoms with van der Waals surface area (Å²) in [7, 11) is -2.07. The number of sulfonamides is 1. The Labute approximate surface area is 155 Å². The number of hydrogen-bond acceptors (Lipinski definition) is 6. The van der Waals surface area contributed by atoms with E-state index < -0.39 is 10.0 Å². The van der Waals surface area contributed by atoms with E-state index in [1.54, 1.807) is 19.2 Å². The fourth-order valence-electron chi connectivity index (χ4n) is 3.00. The van der Waals surface area contributed by atoms with Gasteiger partial charge in [-0.25, -0.2) is 8.42 Å². The molecule has 1 N–H and O–H groups in total. The molecule has 4 rings (SSSR count). The van der Waals surface area contributed by atoms with Crippen molar-refractivity contribution in [2.45, 2.75) is 24.2 Å². The molecule has 0 saturated carbocycles. The van der Waals surface area contributed by atoms with Crippen molar-refractivity contribution in [3.8, 4) is 16.3 Å². The third-order valence-electron chi connectivity index (χ3n) is 4.36. The van der Waals surface area contributed by atoms with E-state index in [0.29, 0.717) is 5.01 Å². The molecule has 0 fully saturated rings. The summed E-state index contributed by atoms with van der Waals surface area (Å²) in [5.74, 6) is 0.746. The Hall–Kier alpha value is -2.45. The average Bonchev–Trinajstić information content (AvgIpc) is 3.30. The maximum atomic E-state index is 12.6. The van der Waals surface area contributed by atoms with Gasteiger partial charge in [0.05, 0.1) is 12.0 Å². The van der Waals surface area contributed by atoms with Crippen LogP contribution in [0.5, 0.6) is 5.75 Å². The van der Waals surface area contributed by atoms with Gasteiger partial charge in [-0.2, -0.15) is 0 Å². The van der Waals surface area contributed by atoms with Crippen LogP contribution >= 0.6 is 11.3 Å². The van der Waals surface area contributed by atoms with Crippen LogP contribution in [-0.4, -0.2) is 25.7 Å². The number of ether oxygens (including phenoxy) is 1. The summed E-state index contributed by atoms with van der Waals surface area (Å²) in [6.07, 6.45) is 3.03. The summed E-state index contributed by atoms with van der Waals surface area (Å²) in [5, 5.41) is 8.93. The first-order chi connectivity index (χ1) is 12.5. The molecule has 0 spiro atoms. The Morgan fingerprint density at radius 2 is 1.81 bits per heavy atom. The Balaban J connectivity index is 1.56. The van der Waals surface area contributed by atoms with Gasteiger partial charge in [-0.15, -0.1) is 10.2 Å². The largest absolute Gasteiger partial charge is 0.497 e. The van der Waals surface area contributed by atoms with Crippen molar-refractivity contribution >= 4 is 26.5 Å². The van der Waals surface area contributed by atoms with Gasteiger partial charge in [-0.05, 0) is 66.8 Å². The molecule has 0 saturated heterocycles. The summed E-state index contributed by atoms with van der Waals surface area (Å²) in [4.78, 5) is 0.263. The van der Waals surface area contributed by atoms with E-state index in [1.165, 1.54) is 16.9 Å². The van der Waals surface area contributed by atoms with Crippen LogP contribution in [0.25, 0.3) is 10.6 Å². The number of methoxy groups -OCH3 is 1. The Bertz CT molecular complexity index is 1040. The number of hydrogen-bond donors (Lipinski definition) is 1. The normalized spacial score (nSPS) is 13.4. The Kier molecular flexibility index (Phi) is 4.37. The molecule has 0 aliphatic heterocycles. The summed E-state index contributed by atoms with van der Waals surface area (Å²) in [6.45, 7) is 0. The fraction of sp³-hybridized carbons (Fsp3) is 0.222. The fourth-order valence-corrected chi connectivity index (χ4v) is 5.03. The van der Waals surface area contributed by atoms with E-state index in [-0.39, 0.29) is 10.0 Å². The number of aromatic nitrogens is 2. The lowest BCUT2D eigenvalue weighted by atomic mass is 10.1. The van der Waals surface area contributed by atoms with Crippen LogP contribution < -0.4 is 9.46 Å². The van der Waals surface area contributed by atoms with Crippen LogP contribution in [-0.2, 0) is 22.9 Å². The molecular weight excluding hydrogens is 370 g/mol. The highest BCUT2D eigenvalue weighted by molar-refractivity contribution is 7.93. The predicted octanol–water partition coefficient (Wildman–Crippen LogP) is 3.50. The Morgan fingerprint density at radius 3 is 2.58 bits per heavy atom. The van der Waals surface area contributed by atoms with Crippen molar-refractivity contribution in [2.75, 3.05) is 11.8 Å². The second-order valence-electron chi connectivity index (χ2n) is 6.03. The summed E-state index contributed by atoms with van der Waals surface area (Å²) >= 11 is 1.19. The van der Waals surface area contributed by atoms with Crippen molar-refractivity contribution in [1.29, 1.82) is 0 Å². The van der Waals surface area contributed by atoms with Crippen molar-refractivity contribution in [3.63, 3.8) is 0 Å². The second-order valence-corrected chi connectivity index (χ2v) is 8.69. The smallest absolute Gasteiger partial charge is 0.263 e. The van der Waals surface area contributed by atoms with E-state index in [4.69, 9.17) is 4.74 Å². The summed E-state index contributed by atoms with van der Waals surface area (Å²) in [6, 6.07) is 12.7. The van der Waals surface area contributed by atoms with Gasteiger partial charge >= 0.3 is 0 Å². The SMILES string of the molecule is COc1ccc(-c2nnc(NS(=O)(=O)c3ccc4c(c3)CCC4)s2)cc1. The molecule has 2 aromatic carbocycles. The molecule has 1 aliphatic rings. The van der Waals surface area contributed by atoms with Crippen LogP contribution in [0.1, 0.15) is 17.5 Å². The van der Waals surface area contributed by atoms with Gasteiger partial charge in [0.1, 0.15) is 10.8 Å². The minimum atomic E-state index is -3.68. The maximum absolute atomic E-state index is 12.6. The lowest BCUT2D eigenvalue weighted by molar-refractivity contribution is 0.415. The van der Waals surface area contributed by atoms with Crippen LogP contribution in [0.4, 0.5) is 5.13 Å². The monoisotopic (exact) mass is 387 g/mol.